The van der Waals surface area contributed by atoms with Gasteiger partial charge in [-0.05, 0) is 32.0 Å². The van der Waals surface area contributed by atoms with E-state index >= 15 is 0 Å². The molecule has 4 nitrogen and oxygen atoms in total. The summed E-state index contributed by atoms with van der Waals surface area (Å²) in [6.07, 6.45) is 1.80. The lowest BCUT2D eigenvalue weighted by atomic mass is 10.1. The van der Waals surface area contributed by atoms with Crippen LogP contribution in [0.3, 0.4) is 0 Å². The first-order valence-corrected chi connectivity index (χ1v) is 6.92. The van der Waals surface area contributed by atoms with Gasteiger partial charge in [-0.1, -0.05) is 0 Å². The Morgan fingerprint density at radius 3 is 2.84 bits per heavy atom. The van der Waals surface area contributed by atoms with Crippen molar-refractivity contribution in [2.75, 3.05) is 7.11 Å². The molecule has 1 heterocycles. The van der Waals surface area contributed by atoms with Gasteiger partial charge in [-0.25, -0.2) is 4.98 Å². The monoisotopic (exact) mass is 278 g/mol. The zero-order valence-corrected chi connectivity index (χ0v) is 12.1. The van der Waals surface area contributed by atoms with Crippen LogP contribution in [-0.2, 0) is 12.1 Å². The Hall–Kier alpha value is -1.59. The highest BCUT2D eigenvalue weighted by Crippen LogP contribution is 2.26. The average molecular weight is 278 g/mol. The summed E-state index contributed by atoms with van der Waals surface area (Å²) in [6.45, 7) is 4.70. The summed E-state index contributed by atoms with van der Waals surface area (Å²) in [5.41, 5.74) is 0.577. The van der Waals surface area contributed by atoms with Gasteiger partial charge < -0.3 is 15.2 Å². The summed E-state index contributed by atoms with van der Waals surface area (Å²) < 4.78 is 5.16. The van der Waals surface area contributed by atoms with Crippen LogP contribution in [0.15, 0.2) is 29.8 Å². The van der Waals surface area contributed by atoms with Gasteiger partial charge in [0.2, 0.25) is 0 Å². The maximum absolute atomic E-state index is 9.85. The number of ether oxygens (including phenoxy) is 1. The van der Waals surface area contributed by atoms with Crippen LogP contribution in [0.2, 0.25) is 0 Å². The van der Waals surface area contributed by atoms with Gasteiger partial charge in [-0.2, -0.15) is 0 Å². The number of hydrogen-bond acceptors (Lipinski definition) is 5. The number of aromatic hydroxyl groups is 1. The molecular formula is C14H18N2O2S. The lowest BCUT2D eigenvalue weighted by Gasteiger charge is -2.24. The van der Waals surface area contributed by atoms with Crippen molar-refractivity contribution in [1.82, 2.24) is 10.3 Å². The molecule has 5 heteroatoms. The molecule has 1 aromatic heterocycles. The van der Waals surface area contributed by atoms with Crippen LogP contribution < -0.4 is 10.1 Å². The molecule has 0 fully saturated rings. The molecule has 2 aromatic rings. The van der Waals surface area contributed by atoms with Crippen LogP contribution >= 0.6 is 11.3 Å². The number of rotatable bonds is 5. The van der Waals surface area contributed by atoms with Gasteiger partial charge in [0.15, 0.2) is 0 Å². The number of phenols is 1. The third kappa shape index (κ3) is 3.24. The summed E-state index contributed by atoms with van der Waals surface area (Å²) in [5.74, 6) is 1.00. The van der Waals surface area contributed by atoms with Crippen LogP contribution in [0.5, 0.6) is 11.5 Å². The largest absolute Gasteiger partial charge is 0.508 e. The van der Waals surface area contributed by atoms with Crippen molar-refractivity contribution in [3.05, 3.63) is 40.3 Å². The van der Waals surface area contributed by atoms with Crippen LogP contribution in [0.4, 0.5) is 0 Å². The van der Waals surface area contributed by atoms with E-state index in [1.165, 1.54) is 0 Å². The molecule has 0 spiro atoms. The number of benzene rings is 1. The second-order valence-electron chi connectivity index (χ2n) is 4.81. The number of thiazole rings is 1. The van der Waals surface area contributed by atoms with Gasteiger partial charge >= 0.3 is 0 Å². The summed E-state index contributed by atoms with van der Waals surface area (Å²) in [5, 5.41) is 16.2. The van der Waals surface area contributed by atoms with Crippen molar-refractivity contribution in [3.8, 4) is 11.5 Å². The van der Waals surface area contributed by atoms with E-state index in [-0.39, 0.29) is 11.3 Å². The van der Waals surface area contributed by atoms with Crippen molar-refractivity contribution in [1.29, 1.82) is 0 Å². The first kappa shape index (κ1) is 13.8. The lowest BCUT2D eigenvalue weighted by Crippen LogP contribution is -2.35. The van der Waals surface area contributed by atoms with E-state index in [2.05, 4.69) is 24.1 Å². The predicted octanol–water partition coefficient (Wildman–Crippen LogP) is 2.88. The SMILES string of the molecule is COc1ccc(O)c(CNC(C)(C)c2nccs2)c1. The number of nitrogens with one attached hydrogen (secondary N) is 1. The van der Waals surface area contributed by atoms with E-state index < -0.39 is 0 Å². The minimum absolute atomic E-state index is 0.232. The Kier molecular flexibility index (Phi) is 4.07. The van der Waals surface area contributed by atoms with Gasteiger partial charge in [-0.3, -0.25) is 0 Å². The Balaban J connectivity index is 2.10. The summed E-state index contributed by atoms with van der Waals surface area (Å²) >= 11 is 1.62. The number of aromatic nitrogens is 1. The molecular weight excluding hydrogens is 260 g/mol. The fraction of sp³-hybridized carbons (Fsp3) is 0.357. The Morgan fingerprint density at radius 1 is 1.42 bits per heavy atom. The summed E-state index contributed by atoms with van der Waals surface area (Å²) in [6, 6.07) is 5.22. The summed E-state index contributed by atoms with van der Waals surface area (Å²) in [7, 11) is 1.61. The van der Waals surface area contributed by atoms with Crippen LogP contribution in [-0.4, -0.2) is 17.2 Å². The van der Waals surface area contributed by atoms with Crippen LogP contribution in [0.25, 0.3) is 0 Å². The van der Waals surface area contributed by atoms with E-state index in [9.17, 15) is 5.11 Å². The fourth-order valence-electron chi connectivity index (χ4n) is 1.75. The molecule has 0 aliphatic heterocycles. The standard InChI is InChI=1S/C14H18N2O2S/c1-14(2,13-15-6-7-19-13)16-9-10-8-11(18-3)4-5-12(10)17/h4-8,16-17H,9H2,1-3H3. The summed E-state index contributed by atoms with van der Waals surface area (Å²) in [4.78, 5) is 4.33. The number of methoxy groups -OCH3 is 1. The highest BCUT2D eigenvalue weighted by Gasteiger charge is 2.22. The molecule has 0 aliphatic rings. The molecule has 19 heavy (non-hydrogen) atoms. The average Bonchev–Trinajstić information content (AvgIpc) is 2.92. The van der Waals surface area contributed by atoms with Gasteiger partial charge in [0.25, 0.3) is 0 Å². The van der Waals surface area contributed by atoms with E-state index in [1.54, 1.807) is 36.8 Å². The minimum Gasteiger partial charge on any atom is -0.508 e. The van der Waals surface area contributed by atoms with Crippen molar-refractivity contribution in [3.63, 3.8) is 0 Å². The molecule has 0 bridgehead atoms. The van der Waals surface area contributed by atoms with Crippen molar-refractivity contribution in [2.24, 2.45) is 0 Å². The van der Waals surface area contributed by atoms with Crippen molar-refractivity contribution < 1.29 is 9.84 Å². The molecule has 0 saturated carbocycles. The van der Waals surface area contributed by atoms with E-state index in [0.717, 1.165) is 16.3 Å². The molecule has 2 rings (SSSR count). The Labute approximate surface area is 117 Å². The van der Waals surface area contributed by atoms with Crippen molar-refractivity contribution >= 4 is 11.3 Å². The molecule has 0 unspecified atom stereocenters. The van der Waals surface area contributed by atoms with E-state index in [0.29, 0.717) is 6.54 Å². The van der Waals surface area contributed by atoms with E-state index in [4.69, 9.17) is 4.74 Å². The van der Waals surface area contributed by atoms with Crippen LogP contribution in [0, 0.1) is 0 Å². The predicted molar refractivity (Wildman–Crippen MR) is 76.6 cm³/mol. The minimum atomic E-state index is -0.232. The first-order chi connectivity index (χ1) is 9.03. The highest BCUT2D eigenvalue weighted by molar-refractivity contribution is 7.09. The molecule has 0 amide bonds. The third-order valence-electron chi connectivity index (χ3n) is 2.97. The normalized spacial score (nSPS) is 11.5. The van der Waals surface area contributed by atoms with Crippen LogP contribution in [0.1, 0.15) is 24.4 Å². The quantitative estimate of drug-likeness (QED) is 0.883. The third-order valence-corrected chi connectivity index (χ3v) is 4.07. The maximum Gasteiger partial charge on any atom is 0.120 e. The number of nitrogens with zero attached hydrogens (tertiary/aromatic N) is 1. The first-order valence-electron chi connectivity index (χ1n) is 6.04. The number of phenolic OH excluding ortho intramolecular Hbond substituents is 1. The second kappa shape index (κ2) is 5.59. The molecule has 102 valence electrons. The Bertz CT molecular complexity index is 538. The van der Waals surface area contributed by atoms with Gasteiger partial charge in [0, 0.05) is 23.7 Å². The van der Waals surface area contributed by atoms with Crippen molar-refractivity contribution in [2.45, 2.75) is 25.9 Å². The topological polar surface area (TPSA) is 54.4 Å². The molecule has 0 saturated heterocycles. The molecule has 1 aromatic carbocycles. The van der Waals surface area contributed by atoms with E-state index in [1.807, 2.05) is 11.4 Å². The number of hydrogen-bond donors (Lipinski definition) is 2. The zero-order chi connectivity index (χ0) is 13.9. The zero-order valence-electron chi connectivity index (χ0n) is 11.3. The highest BCUT2D eigenvalue weighted by atomic mass is 32.1. The molecule has 0 atom stereocenters. The molecule has 0 radical (unpaired) electrons. The molecule has 2 N–H and O–H groups in total. The maximum atomic E-state index is 9.85. The fourth-order valence-corrected chi connectivity index (χ4v) is 2.49. The molecule has 0 aliphatic carbocycles. The Morgan fingerprint density at radius 2 is 2.21 bits per heavy atom. The van der Waals surface area contributed by atoms with Gasteiger partial charge in [0.05, 0.1) is 12.6 Å². The second-order valence-corrected chi connectivity index (χ2v) is 5.71. The smallest absolute Gasteiger partial charge is 0.120 e. The van der Waals surface area contributed by atoms with Gasteiger partial charge in [-0.15, -0.1) is 11.3 Å². The lowest BCUT2D eigenvalue weighted by molar-refractivity contribution is 0.386. The van der Waals surface area contributed by atoms with Gasteiger partial charge in [0.1, 0.15) is 16.5 Å².